The Labute approximate surface area is 111 Å². The van der Waals surface area contributed by atoms with E-state index >= 15 is 0 Å². The fourth-order valence-corrected chi connectivity index (χ4v) is 3.66. The Bertz CT molecular complexity index is 235. The molecule has 18 heavy (non-hydrogen) atoms. The first-order chi connectivity index (χ1) is 8.83. The molecule has 0 amide bonds. The summed E-state index contributed by atoms with van der Waals surface area (Å²) in [6.07, 6.45) is 10.6. The molecule has 0 aromatic heterocycles. The summed E-state index contributed by atoms with van der Waals surface area (Å²) in [6, 6.07) is 0.630. The third kappa shape index (κ3) is 3.94. The minimum Gasteiger partial charge on any atom is -0.396 e. The zero-order valence-electron chi connectivity index (χ0n) is 11.7. The molecule has 0 saturated heterocycles. The Morgan fingerprint density at radius 1 is 1.06 bits per heavy atom. The lowest BCUT2D eigenvalue weighted by atomic mass is 9.79. The summed E-state index contributed by atoms with van der Waals surface area (Å²) in [5.74, 6) is 1.22. The lowest BCUT2D eigenvalue weighted by Crippen LogP contribution is -2.41. The highest BCUT2D eigenvalue weighted by Crippen LogP contribution is 2.29. The highest BCUT2D eigenvalue weighted by atomic mass is 16.5. The second-order valence-electron chi connectivity index (χ2n) is 6.12. The Balaban J connectivity index is 1.72. The second-order valence-corrected chi connectivity index (χ2v) is 6.12. The van der Waals surface area contributed by atoms with Crippen molar-refractivity contribution >= 4 is 0 Å². The smallest absolute Gasteiger partial charge is 0.0586 e. The quantitative estimate of drug-likeness (QED) is 0.792. The van der Waals surface area contributed by atoms with Gasteiger partial charge in [-0.1, -0.05) is 12.8 Å². The molecular weight excluding hydrogens is 226 g/mol. The highest BCUT2D eigenvalue weighted by Gasteiger charge is 2.26. The third-order valence-electron chi connectivity index (χ3n) is 4.93. The largest absolute Gasteiger partial charge is 0.396 e. The van der Waals surface area contributed by atoms with Crippen LogP contribution in [0.1, 0.15) is 51.4 Å². The van der Waals surface area contributed by atoms with E-state index in [9.17, 15) is 5.11 Å². The number of hydrogen-bond donors (Lipinski definition) is 2. The van der Waals surface area contributed by atoms with Crippen LogP contribution in [0.3, 0.4) is 0 Å². The molecule has 2 saturated carbocycles. The predicted molar refractivity (Wildman–Crippen MR) is 73.6 cm³/mol. The first kappa shape index (κ1) is 14.3. The van der Waals surface area contributed by atoms with E-state index in [0.717, 1.165) is 13.0 Å². The summed E-state index contributed by atoms with van der Waals surface area (Å²) < 4.78 is 5.48. The van der Waals surface area contributed by atoms with Crippen LogP contribution in [0.15, 0.2) is 0 Å². The Morgan fingerprint density at radius 3 is 2.56 bits per heavy atom. The summed E-state index contributed by atoms with van der Waals surface area (Å²) in [5, 5.41) is 13.2. The first-order valence-electron chi connectivity index (χ1n) is 7.70. The van der Waals surface area contributed by atoms with Gasteiger partial charge in [-0.2, -0.15) is 0 Å². The van der Waals surface area contributed by atoms with Crippen molar-refractivity contribution in [3.05, 3.63) is 0 Å². The molecule has 4 unspecified atom stereocenters. The number of aliphatic hydroxyl groups excluding tert-OH is 1. The van der Waals surface area contributed by atoms with Crippen LogP contribution in [-0.4, -0.2) is 37.5 Å². The summed E-state index contributed by atoms with van der Waals surface area (Å²) in [4.78, 5) is 0. The van der Waals surface area contributed by atoms with E-state index < -0.39 is 0 Å². The molecule has 0 aliphatic heterocycles. The molecule has 0 radical (unpaired) electrons. The van der Waals surface area contributed by atoms with Crippen molar-refractivity contribution in [3.8, 4) is 0 Å². The Kier molecular flexibility index (Phi) is 5.93. The van der Waals surface area contributed by atoms with E-state index in [1.807, 2.05) is 7.11 Å². The molecular formula is C15H29NO2. The molecule has 2 fully saturated rings. The molecule has 2 aliphatic rings. The Morgan fingerprint density at radius 2 is 1.83 bits per heavy atom. The molecule has 2 rings (SSSR count). The minimum atomic E-state index is 0.373. The van der Waals surface area contributed by atoms with Crippen molar-refractivity contribution in [1.82, 2.24) is 5.32 Å². The molecule has 2 aliphatic carbocycles. The third-order valence-corrected chi connectivity index (χ3v) is 4.93. The van der Waals surface area contributed by atoms with Crippen LogP contribution in [0.25, 0.3) is 0 Å². The van der Waals surface area contributed by atoms with Gasteiger partial charge in [0, 0.05) is 19.8 Å². The van der Waals surface area contributed by atoms with Crippen LogP contribution >= 0.6 is 0 Å². The molecule has 2 N–H and O–H groups in total. The van der Waals surface area contributed by atoms with Gasteiger partial charge in [0.05, 0.1) is 6.10 Å². The summed E-state index contributed by atoms with van der Waals surface area (Å²) in [6.45, 7) is 1.46. The topological polar surface area (TPSA) is 41.5 Å². The zero-order chi connectivity index (χ0) is 12.8. The van der Waals surface area contributed by atoms with E-state index in [-0.39, 0.29) is 0 Å². The maximum absolute atomic E-state index is 9.43. The standard InChI is InChI=1S/C15H29NO2/c1-18-15-8-4-7-14(9-15)16-10-12-5-2-3-6-13(12)11-17/h12-17H,2-11H2,1H3. The summed E-state index contributed by atoms with van der Waals surface area (Å²) >= 11 is 0. The molecule has 0 spiro atoms. The highest BCUT2D eigenvalue weighted by molar-refractivity contribution is 4.82. The van der Waals surface area contributed by atoms with E-state index in [0.29, 0.717) is 30.6 Å². The van der Waals surface area contributed by atoms with Crippen LogP contribution < -0.4 is 5.32 Å². The SMILES string of the molecule is COC1CCCC(NCC2CCCCC2CO)C1. The molecule has 0 heterocycles. The first-order valence-corrected chi connectivity index (χ1v) is 7.70. The summed E-state index contributed by atoms with van der Waals surface area (Å²) in [7, 11) is 1.83. The zero-order valence-corrected chi connectivity index (χ0v) is 11.7. The maximum Gasteiger partial charge on any atom is 0.0586 e. The fraction of sp³-hybridized carbons (Fsp3) is 1.00. The van der Waals surface area contributed by atoms with E-state index in [2.05, 4.69) is 5.32 Å². The minimum absolute atomic E-state index is 0.373. The molecule has 106 valence electrons. The van der Waals surface area contributed by atoms with Crippen molar-refractivity contribution < 1.29 is 9.84 Å². The normalized spacial score (nSPS) is 37.7. The van der Waals surface area contributed by atoms with E-state index in [1.165, 1.54) is 44.9 Å². The number of ether oxygens (including phenoxy) is 1. The van der Waals surface area contributed by atoms with Crippen molar-refractivity contribution in [2.24, 2.45) is 11.8 Å². The van der Waals surface area contributed by atoms with Crippen molar-refractivity contribution in [2.45, 2.75) is 63.5 Å². The monoisotopic (exact) mass is 255 g/mol. The Hall–Kier alpha value is -0.120. The lowest BCUT2D eigenvalue weighted by molar-refractivity contribution is 0.0558. The number of aliphatic hydroxyl groups is 1. The fourth-order valence-electron chi connectivity index (χ4n) is 3.66. The van der Waals surface area contributed by atoms with Crippen molar-refractivity contribution in [2.75, 3.05) is 20.3 Å². The van der Waals surface area contributed by atoms with Crippen LogP contribution in [0.5, 0.6) is 0 Å². The number of nitrogens with one attached hydrogen (secondary N) is 1. The second kappa shape index (κ2) is 7.46. The van der Waals surface area contributed by atoms with Gasteiger partial charge in [-0.15, -0.1) is 0 Å². The van der Waals surface area contributed by atoms with Crippen LogP contribution in [-0.2, 0) is 4.74 Å². The number of methoxy groups -OCH3 is 1. The molecule has 0 bridgehead atoms. The van der Waals surface area contributed by atoms with Gasteiger partial charge in [0.25, 0.3) is 0 Å². The molecule has 3 heteroatoms. The predicted octanol–water partition coefficient (Wildman–Crippen LogP) is 2.33. The van der Waals surface area contributed by atoms with Crippen LogP contribution in [0.2, 0.25) is 0 Å². The molecule has 3 nitrogen and oxygen atoms in total. The average molecular weight is 255 g/mol. The van der Waals surface area contributed by atoms with Gasteiger partial charge in [0.1, 0.15) is 0 Å². The van der Waals surface area contributed by atoms with E-state index in [1.54, 1.807) is 0 Å². The van der Waals surface area contributed by atoms with Gasteiger partial charge < -0.3 is 15.2 Å². The van der Waals surface area contributed by atoms with Crippen LogP contribution in [0.4, 0.5) is 0 Å². The number of rotatable bonds is 5. The molecule has 0 aromatic carbocycles. The molecule has 4 atom stereocenters. The van der Waals surface area contributed by atoms with E-state index in [4.69, 9.17) is 4.74 Å². The summed E-state index contributed by atoms with van der Waals surface area (Å²) in [5.41, 5.74) is 0. The maximum atomic E-state index is 9.43. The lowest BCUT2D eigenvalue weighted by Gasteiger charge is -2.34. The average Bonchev–Trinajstić information content (AvgIpc) is 2.45. The van der Waals surface area contributed by atoms with Crippen molar-refractivity contribution in [1.29, 1.82) is 0 Å². The van der Waals surface area contributed by atoms with Gasteiger partial charge in [0.2, 0.25) is 0 Å². The van der Waals surface area contributed by atoms with Crippen LogP contribution in [0, 0.1) is 11.8 Å². The van der Waals surface area contributed by atoms with Gasteiger partial charge in [-0.3, -0.25) is 0 Å². The van der Waals surface area contributed by atoms with Crippen molar-refractivity contribution in [3.63, 3.8) is 0 Å². The van der Waals surface area contributed by atoms with Gasteiger partial charge in [0.15, 0.2) is 0 Å². The molecule has 0 aromatic rings. The van der Waals surface area contributed by atoms with Gasteiger partial charge in [-0.05, 0) is 56.9 Å². The van der Waals surface area contributed by atoms with Gasteiger partial charge in [-0.25, -0.2) is 0 Å². The number of hydrogen-bond acceptors (Lipinski definition) is 3. The van der Waals surface area contributed by atoms with Gasteiger partial charge >= 0.3 is 0 Å².